The van der Waals surface area contributed by atoms with Gasteiger partial charge < -0.3 is 13.8 Å². The van der Waals surface area contributed by atoms with Gasteiger partial charge in [0.15, 0.2) is 15.9 Å². The van der Waals surface area contributed by atoms with Crippen LogP contribution in [0.15, 0.2) is 65.0 Å². The van der Waals surface area contributed by atoms with Crippen LogP contribution >= 0.6 is 27.3 Å². The number of aromatic nitrogens is 1. The van der Waals surface area contributed by atoms with Gasteiger partial charge in [-0.3, -0.25) is 4.90 Å². The summed E-state index contributed by atoms with van der Waals surface area (Å²) in [6.07, 6.45) is 1.43. The van der Waals surface area contributed by atoms with Crippen molar-refractivity contribution in [1.29, 1.82) is 0 Å². The van der Waals surface area contributed by atoms with Crippen LogP contribution in [0, 0.1) is 0 Å². The number of fused-ring (bicyclic) bond motifs is 4. The first-order chi connectivity index (χ1) is 16.0. The van der Waals surface area contributed by atoms with E-state index in [1.54, 1.807) is 18.2 Å². The third kappa shape index (κ3) is 4.54. The Hall–Kier alpha value is -2.55. The third-order valence-electron chi connectivity index (χ3n) is 5.13. The smallest absolute Gasteiger partial charge is 0.269 e. The second-order valence-corrected chi connectivity index (χ2v) is 12.2. The van der Waals surface area contributed by atoms with E-state index in [9.17, 15) is 25.9 Å². The van der Waals surface area contributed by atoms with Gasteiger partial charge >= 0.3 is 0 Å². The molecule has 0 unspecified atom stereocenters. The lowest BCUT2D eigenvalue weighted by molar-refractivity contribution is -0.648. The lowest BCUT2D eigenvalue weighted by Crippen LogP contribution is -2.39. The van der Waals surface area contributed by atoms with Crippen molar-refractivity contribution in [1.82, 2.24) is 0 Å². The minimum Gasteiger partial charge on any atom is -0.747 e. The molecule has 0 radical (unpaired) electrons. The molecule has 0 bridgehead atoms. The Labute approximate surface area is 207 Å². The Kier molecular flexibility index (Phi) is 5.66. The number of hydrogen-bond donors (Lipinski definition) is 0. The highest BCUT2D eigenvalue weighted by Gasteiger charge is 2.31. The van der Waals surface area contributed by atoms with Gasteiger partial charge in [0, 0.05) is 4.47 Å². The van der Waals surface area contributed by atoms with Crippen molar-refractivity contribution in [2.45, 2.75) is 5.88 Å². The predicted molar refractivity (Wildman–Crippen MR) is 129 cm³/mol. The quantitative estimate of drug-likeness (QED) is 0.259. The molecule has 34 heavy (non-hydrogen) atoms. The molecule has 0 amide bonds. The first-order valence-corrected chi connectivity index (χ1v) is 14.4. The van der Waals surface area contributed by atoms with E-state index in [1.807, 2.05) is 36.4 Å². The second kappa shape index (κ2) is 8.29. The van der Waals surface area contributed by atoms with Gasteiger partial charge in [-0.05, 0) is 35.7 Å². The zero-order valence-corrected chi connectivity index (χ0v) is 21.1. The standard InChI is InChI=1S/C21H15BrN2O7S3/c22-14-6-7-17-16(9-14)23(11-33(25,26)27)19(31-17)10-20-24(12-34(28,29)30)21-15-4-2-1-3-13(15)5-8-18(21)32-20/h1-10H,11-12H2,(H-,25,26,27,28,29,30)/p-1. The van der Waals surface area contributed by atoms with E-state index in [-0.39, 0.29) is 5.88 Å². The van der Waals surface area contributed by atoms with Crippen LogP contribution in [-0.2, 0) is 26.1 Å². The van der Waals surface area contributed by atoms with E-state index in [0.717, 1.165) is 15.5 Å². The van der Waals surface area contributed by atoms with Crippen LogP contribution in [0.5, 0.6) is 5.75 Å². The average Bonchev–Trinajstić information content (AvgIpc) is 3.24. The molecule has 0 saturated carbocycles. The van der Waals surface area contributed by atoms with Crippen molar-refractivity contribution in [3.8, 4) is 5.75 Å². The summed E-state index contributed by atoms with van der Waals surface area (Å²) in [4.78, 5) is 1.20. The molecule has 0 aliphatic carbocycles. The summed E-state index contributed by atoms with van der Waals surface area (Å²) in [7, 11) is -9.37. The van der Waals surface area contributed by atoms with Crippen LogP contribution in [0.4, 0.5) is 5.69 Å². The molecule has 0 N–H and O–H groups in total. The Bertz CT molecular complexity index is 1710. The zero-order chi connectivity index (χ0) is 24.3. The number of rotatable bonds is 5. The van der Waals surface area contributed by atoms with Gasteiger partial charge in [-0.1, -0.05) is 51.5 Å². The second-order valence-electron chi connectivity index (χ2n) is 7.50. The lowest BCUT2D eigenvalue weighted by Gasteiger charge is -2.19. The van der Waals surface area contributed by atoms with E-state index in [0.29, 0.717) is 26.4 Å². The van der Waals surface area contributed by atoms with Crippen molar-refractivity contribution in [3.63, 3.8) is 0 Å². The summed E-state index contributed by atoms with van der Waals surface area (Å²) in [6, 6.07) is 16.0. The van der Waals surface area contributed by atoms with Crippen LogP contribution in [0.25, 0.3) is 27.1 Å². The van der Waals surface area contributed by atoms with E-state index in [1.165, 1.54) is 26.9 Å². The van der Waals surface area contributed by atoms with E-state index < -0.39 is 32.0 Å². The monoisotopic (exact) mass is 581 g/mol. The van der Waals surface area contributed by atoms with Gasteiger partial charge in [-0.25, -0.2) is 16.8 Å². The first-order valence-electron chi connectivity index (χ1n) is 9.66. The Morgan fingerprint density at radius 3 is 2.53 bits per heavy atom. The summed E-state index contributed by atoms with van der Waals surface area (Å²) in [5.74, 6) is -1.39. The van der Waals surface area contributed by atoms with Crippen molar-refractivity contribution in [3.05, 3.63) is 70.0 Å². The van der Waals surface area contributed by atoms with Gasteiger partial charge in [0.05, 0.1) is 17.1 Å². The van der Waals surface area contributed by atoms with Crippen LogP contribution in [0.2, 0.25) is 0 Å². The van der Waals surface area contributed by atoms with E-state index in [4.69, 9.17) is 4.74 Å². The molecule has 0 spiro atoms. The Balaban J connectivity index is 1.74. The van der Waals surface area contributed by atoms with Crippen LogP contribution < -0.4 is 14.2 Å². The molecule has 1 aromatic heterocycles. The number of thiazole rings is 1. The summed E-state index contributed by atoms with van der Waals surface area (Å²) in [5, 5.41) is 1.95. The van der Waals surface area contributed by atoms with Gasteiger partial charge in [0.1, 0.15) is 20.7 Å². The Morgan fingerprint density at radius 2 is 1.79 bits per heavy atom. The van der Waals surface area contributed by atoms with Gasteiger partial charge in [0.2, 0.25) is 17.3 Å². The molecule has 0 atom stereocenters. The minimum absolute atomic E-state index is 0.0143. The molecule has 3 aromatic carbocycles. The SMILES string of the molecule is O=S(=O)([O-])CN1C(=Cc2sc3ccc4ccccc4c3[n+]2CS(=O)(=O)[O-])Oc2ccc(Br)cc21. The summed E-state index contributed by atoms with van der Waals surface area (Å²) >= 11 is 4.52. The maximum absolute atomic E-state index is 11.8. The number of nitrogens with zero attached hydrogens (tertiary/aromatic N) is 2. The fourth-order valence-corrected chi connectivity index (χ4v) is 6.55. The van der Waals surface area contributed by atoms with E-state index >= 15 is 0 Å². The van der Waals surface area contributed by atoms with Crippen molar-refractivity contribution in [2.24, 2.45) is 0 Å². The van der Waals surface area contributed by atoms with Crippen molar-refractivity contribution in [2.75, 3.05) is 10.8 Å². The van der Waals surface area contributed by atoms with Crippen molar-refractivity contribution >= 4 is 80.3 Å². The molecule has 4 aromatic rings. The number of hydrogen-bond acceptors (Lipinski definition) is 9. The maximum Gasteiger partial charge on any atom is 0.269 e. The van der Waals surface area contributed by atoms with Gasteiger partial charge in [-0.2, -0.15) is 4.57 Å². The highest BCUT2D eigenvalue weighted by molar-refractivity contribution is 9.10. The fourth-order valence-electron chi connectivity index (χ4n) is 3.85. The number of ether oxygens (including phenoxy) is 1. The molecule has 9 nitrogen and oxygen atoms in total. The number of halogens is 1. The molecule has 0 saturated heterocycles. The molecule has 1 aliphatic rings. The molecule has 1 aliphatic heterocycles. The topological polar surface area (TPSA) is 131 Å². The molecular weight excluding hydrogens is 568 g/mol. The maximum atomic E-state index is 11.8. The highest BCUT2D eigenvalue weighted by atomic mass is 79.9. The highest BCUT2D eigenvalue weighted by Crippen LogP contribution is 2.42. The Morgan fingerprint density at radius 1 is 1.03 bits per heavy atom. The van der Waals surface area contributed by atoms with Crippen LogP contribution in [0.1, 0.15) is 5.01 Å². The van der Waals surface area contributed by atoms with Crippen molar-refractivity contribution < 1.29 is 35.2 Å². The summed E-state index contributed by atoms with van der Waals surface area (Å²) in [5.41, 5.74) is 0.908. The largest absolute Gasteiger partial charge is 0.747 e. The minimum atomic E-state index is -4.69. The average molecular weight is 582 g/mol. The molecule has 13 heteroatoms. The first kappa shape index (κ1) is 23.2. The fraction of sp³-hybridized carbons (Fsp3) is 0.0952. The predicted octanol–water partition coefficient (Wildman–Crippen LogP) is 3.31. The third-order valence-corrected chi connectivity index (χ3v) is 7.87. The summed E-state index contributed by atoms with van der Waals surface area (Å²) in [6.45, 7) is 0. The molecule has 5 rings (SSSR count). The number of benzene rings is 3. The lowest BCUT2D eigenvalue weighted by atomic mass is 10.1. The van der Waals surface area contributed by atoms with Gasteiger partial charge in [0.25, 0.3) is 5.01 Å². The van der Waals surface area contributed by atoms with Gasteiger partial charge in [-0.15, -0.1) is 0 Å². The molecule has 0 fully saturated rings. The number of anilines is 1. The molecular formula is C21H14BrN2O7S3-. The van der Waals surface area contributed by atoms with E-state index in [2.05, 4.69) is 15.9 Å². The summed E-state index contributed by atoms with van der Waals surface area (Å²) < 4.78 is 78.7. The van der Waals surface area contributed by atoms with Crippen LogP contribution in [-0.4, -0.2) is 31.8 Å². The molecule has 176 valence electrons. The van der Waals surface area contributed by atoms with Crippen LogP contribution in [0.3, 0.4) is 0 Å². The zero-order valence-electron chi connectivity index (χ0n) is 17.0. The normalized spacial score (nSPS) is 15.3. The molecule has 2 heterocycles.